The predicted octanol–water partition coefficient (Wildman–Crippen LogP) is 3.35. The molecule has 0 bridgehead atoms. The lowest BCUT2D eigenvalue weighted by atomic mass is 10.2. The van der Waals surface area contributed by atoms with Crippen molar-refractivity contribution in [3.05, 3.63) is 40.7 Å². The summed E-state index contributed by atoms with van der Waals surface area (Å²) in [5, 5.41) is 0.661. The Bertz CT molecular complexity index is 605. The lowest BCUT2D eigenvalue weighted by Crippen LogP contribution is -2.04. The highest BCUT2D eigenvalue weighted by atomic mass is 35.5. The van der Waals surface area contributed by atoms with Crippen LogP contribution in [0.1, 0.15) is 18.3 Å². The molecule has 2 rings (SSSR count). The van der Waals surface area contributed by atoms with Crippen LogP contribution in [0.15, 0.2) is 24.3 Å². The third-order valence-corrected chi connectivity index (χ3v) is 2.79. The number of rotatable bonds is 5. The Kier molecular flexibility index (Phi) is 4.76. The van der Waals surface area contributed by atoms with Crippen molar-refractivity contribution >= 4 is 17.4 Å². The van der Waals surface area contributed by atoms with Gasteiger partial charge in [0.1, 0.15) is 18.2 Å². The lowest BCUT2D eigenvalue weighted by molar-refractivity contribution is 0.128. The Morgan fingerprint density at radius 3 is 2.75 bits per heavy atom. The highest BCUT2D eigenvalue weighted by molar-refractivity contribution is 6.30. The smallest absolute Gasteiger partial charge is 0.224 e. The average Bonchev–Trinajstić information content (AvgIpc) is 2.39. The van der Waals surface area contributed by atoms with Crippen LogP contribution in [-0.2, 0) is 11.3 Å². The zero-order valence-corrected chi connectivity index (χ0v) is 12.1. The summed E-state index contributed by atoms with van der Waals surface area (Å²) in [5.41, 5.74) is 6.66. The van der Waals surface area contributed by atoms with Gasteiger partial charge in [-0.3, -0.25) is 0 Å². The van der Waals surface area contributed by atoms with Crippen LogP contribution in [-0.4, -0.2) is 16.6 Å². The first kappa shape index (κ1) is 14.6. The Hall–Kier alpha value is -1.85. The van der Waals surface area contributed by atoms with E-state index >= 15 is 0 Å². The van der Waals surface area contributed by atoms with Gasteiger partial charge >= 0.3 is 0 Å². The fourth-order valence-electron chi connectivity index (χ4n) is 1.64. The first-order chi connectivity index (χ1) is 9.58. The van der Waals surface area contributed by atoms with E-state index in [1.165, 1.54) is 0 Å². The fourth-order valence-corrected chi connectivity index (χ4v) is 1.87. The number of nitrogens with zero attached hydrogens (tertiary/aromatic N) is 2. The molecule has 0 aliphatic heterocycles. The molecule has 0 fully saturated rings. The minimum absolute atomic E-state index is 0.303. The van der Waals surface area contributed by atoms with E-state index in [1.807, 2.05) is 19.9 Å². The molecule has 0 unspecified atom stereocenters. The summed E-state index contributed by atoms with van der Waals surface area (Å²) in [7, 11) is 0. The molecule has 0 aliphatic rings. The molecule has 0 radical (unpaired) electrons. The third-order valence-electron chi connectivity index (χ3n) is 2.56. The number of hydrogen-bond donors (Lipinski definition) is 1. The first-order valence-electron chi connectivity index (χ1n) is 6.23. The lowest BCUT2D eigenvalue weighted by Gasteiger charge is -2.10. The van der Waals surface area contributed by atoms with Crippen LogP contribution in [0.2, 0.25) is 5.02 Å². The van der Waals surface area contributed by atoms with Crippen molar-refractivity contribution in [1.82, 2.24) is 9.97 Å². The molecule has 0 atom stereocenters. The molecule has 0 saturated carbocycles. The molecule has 1 aromatic heterocycles. The average molecular weight is 294 g/mol. The van der Waals surface area contributed by atoms with Crippen LogP contribution >= 0.6 is 11.6 Å². The van der Waals surface area contributed by atoms with Gasteiger partial charge in [0, 0.05) is 17.7 Å². The van der Waals surface area contributed by atoms with Gasteiger partial charge in [-0.2, -0.15) is 4.98 Å². The van der Waals surface area contributed by atoms with Gasteiger partial charge in [-0.25, -0.2) is 4.98 Å². The number of ether oxygens (including phenoxy) is 2. The van der Waals surface area contributed by atoms with Crippen LogP contribution < -0.4 is 10.5 Å². The second-order valence-corrected chi connectivity index (χ2v) is 4.63. The van der Waals surface area contributed by atoms with Gasteiger partial charge in [0.2, 0.25) is 5.88 Å². The molecule has 106 valence electrons. The van der Waals surface area contributed by atoms with Crippen LogP contribution in [0.3, 0.4) is 0 Å². The molecule has 2 N–H and O–H groups in total. The van der Waals surface area contributed by atoms with Gasteiger partial charge in [-0.1, -0.05) is 11.6 Å². The second kappa shape index (κ2) is 6.54. The van der Waals surface area contributed by atoms with Gasteiger partial charge in [-0.15, -0.1) is 0 Å². The van der Waals surface area contributed by atoms with E-state index in [2.05, 4.69) is 9.97 Å². The predicted molar refractivity (Wildman–Crippen MR) is 78.0 cm³/mol. The molecular weight excluding hydrogens is 278 g/mol. The summed E-state index contributed by atoms with van der Waals surface area (Å²) in [5.74, 6) is 1.90. The van der Waals surface area contributed by atoms with Gasteiger partial charge in [0.25, 0.3) is 0 Å². The largest absolute Gasteiger partial charge is 0.439 e. The number of halogens is 1. The summed E-state index contributed by atoms with van der Waals surface area (Å²) >= 11 is 5.91. The molecule has 1 aromatic carbocycles. The highest BCUT2D eigenvalue weighted by Gasteiger charge is 2.07. The van der Waals surface area contributed by atoms with Gasteiger partial charge < -0.3 is 15.2 Å². The van der Waals surface area contributed by atoms with E-state index in [1.54, 1.807) is 18.2 Å². The van der Waals surface area contributed by atoms with E-state index in [4.69, 9.17) is 26.8 Å². The number of aromatic nitrogens is 2. The van der Waals surface area contributed by atoms with Crippen LogP contribution in [0.5, 0.6) is 11.6 Å². The maximum Gasteiger partial charge on any atom is 0.224 e. The number of nitrogen functional groups attached to an aromatic ring is 1. The Morgan fingerprint density at radius 2 is 2.05 bits per heavy atom. The molecule has 0 amide bonds. The van der Waals surface area contributed by atoms with Crippen molar-refractivity contribution in [2.45, 2.75) is 20.5 Å². The number of nitrogens with two attached hydrogens (primary N) is 1. The highest BCUT2D eigenvalue weighted by Crippen LogP contribution is 2.26. The zero-order valence-electron chi connectivity index (χ0n) is 11.4. The van der Waals surface area contributed by atoms with Crippen molar-refractivity contribution in [1.29, 1.82) is 0 Å². The monoisotopic (exact) mass is 293 g/mol. The topological polar surface area (TPSA) is 70.3 Å². The fraction of sp³-hybridized carbons (Fsp3) is 0.286. The van der Waals surface area contributed by atoms with Crippen LogP contribution in [0.25, 0.3) is 0 Å². The molecular formula is C14H16ClN3O2. The summed E-state index contributed by atoms with van der Waals surface area (Å²) in [6, 6.07) is 6.94. The summed E-state index contributed by atoms with van der Waals surface area (Å²) in [4.78, 5) is 8.35. The normalized spacial score (nSPS) is 10.6. The Morgan fingerprint density at radius 1 is 1.25 bits per heavy atom. The van der Waals surface area contributed by atoms with Gasteiger partial charge in [0.05, 0.1) is 0 Å². The van der Waals surface area contributed by atoms with Crippen LogP contribution in [0.4, 0.5) is 5.82 Å². The third kappa shape index (κ3) is 3.82. The van der Waals surface area contributed by atoms with Crippen molar-refractivity contribution in [2.24, 2.45) is 0 Å². The summed E-state index contributed by atoms with van der Waals surface area (Å²) in [6.07, 6.45) is 0. The minimum Gasteiger partial charge on any atom is -0.439 e. The molecule has 0 saturated heterocycles. The number of anilines is 1. The molecule has 6 heteroatoms. The summed E-state index contributed by atoms with van der Waals surface area (Å²) in [6.45, 7) is 4.70. The Labute approximate surface area is 122 Å². The maximum atomic E-state index is 5.91. The quantitative estimate of drug-likeness (QED) is 0.915. The standard InChI is InChI=1S/C14H16ClN3O2/c1-3-19-8-13-17-12(16)7-14(18-13)20-11-5-4-10(15)6-9(11)2/h4-7H,3,8H2,1-2H3,(H2,16,17,18). The molecule has 2 aromatic rings. The summed E-state index contributed by atoms with van der Waals surface area (Å²) < 4.78 is 11.0. The Balaban J connectivity index is 2.21. The van der Waals surface area contributed by atoms with Crippen molar-refractivity contribution in [2.75, 3.05) is 12.3 Å². The molecule has 1 heterocycles. The SMILES string of the molecule is CCOCc1nc(N)cc(Oc2ccc(Cl)cc2C)n1. The van der Waals surface area contributed by atoms with E-state index in [0.29, 0.717) is 41.5 Å². The van der Waals surface area contributed by atoms with E-state index in [-0.39, 0.29) is 0 Å². The van der Waals surface area contributed by atoms with Crippen molar-refractivity contribution < 1.29 is 9.47 Å². The second-order valence-electron chi connectivity index (χ2n) is 4.20. The minimum atomic E-state index is 0.303. The zero-order chi connectivity index (χ0) is 14.5. The first-order valence-corrected chi connectivity index (χ1v) is 6.61. The van der Waals surface area contributed by atoms with E-state index in [9.17, 15) is 0 Å². The van der Waals surface area contributed by atoms with Crippen molar-refractivity contribution in [3.8, 4) is 11.6 Å². The number of hydrogen-bond acceptors (Lipinski definition) is 5. The van der Waals surface area contributed by atoms with Gasteiger partial charge in [0.15, 0.2) is 5.82 Å². The molecule has 20 heavy (non-hydrogen) atoms. The molecule has 5 nitrogen and oxygen atoms in total. The van der Waals surface area contributed by atoms with Crippen LogP contribution in [0, 0.1) is 6.92 Å². The number of benzene rings is 1. The van der Waals surface area contributed by atoms with E-state index in [0.717, 1.165) is 5.56 Å². The van der Waals surface area contributed by atoms with Gasteiger partial charge in [-0.05, 0) is 37.6 Å². The maximum absolute atomic E-state index is 5.91. The van der Waals surface area contributed by atoms with E-state index < -0.39 is 0 Å². The molecule has 0 spiro atoms. The number of aryl methyl sites for hydroxylation is 1. The molecule has 0 aliphatic carbocycles. The van der Waals surface area contributed by atoms with Crippen molar-refractivity contribution in [3.63, 3.8) is 0 Å².